The molecule has 0 saturated heterocycles. The molecule has 14 heavy (non-hydrogen) atoms. The third-order valence-electron chi connectivity index (χ3n) is 2.93. The largest absolute Gasteiger partial charge is 0.508 e. The van der Waals surface area contributed by atoms with Crippen LogP contribution in [0.3, 0.4) is 0 Å². The summed E-state index contributed by atoms with van der Waals surface area (Å²) in [6.45, 7) is 0. The summed E-state index contributed by atoms with van der Waals surface area (Å²) in [7, 11) is 0. The molecular formula is C11H14O3. The van der Waals surface area contributed by atoms with Crippen LogP contribution in [0.4, 0.5) is 0 Å². The second kappa shape index (κ2) is 3.26. The molecular weight excluding hydrogens is 180 g/mol. The van der Waals surface area contributed by atoms with Gasteiger partial charge in [0.25, 0.3) is 0 Å². The maximum atomic E-state index is 9.16. The van der Waals surface area contributed by atoms with Crippen molar-refractivity contribution >= 4 is 0 Å². The lowest BCUT2D eigenvalue weighted by atomic mass is 9.96. The van der Waals surface area contributed by atoms with E-state index >= 15 is 0 Å². The number of aliphatic hydroxyl groups is 2. The van der Waals surface area contributed by atoms with Crippen LogP contribution < -0.4 is 0 Å². The topological polar surface area (TPSA) is 60.7 Å². The van der Waals surface area contributed by atoms with Crippen molar-refractivity contribution in [1.29, 1.82) is 0 Å². The first-order valence-electron chi connectivity index (χ1n) is 4.76. The van der Waals surface area contributed by atoms with E-state index in [2.05, 4.69) is 0 Å². The highest BCUT2D eigenvalue weighted by atomic mass is 16.5. The van der Waals surface area contributed by atoms with Crippen LogP contribution in [-0.2, 0) is 6.42 Å². The van der Waals surface area contributed by atoms with E-state index in [4.69, 9.17) is 15.3 Å². The molecule has 1 aliphatic rings. The maximum absolute atomic E-state index is 9.16. The van der Waals surface area contributed by atoms with Gasteiger partial charge in [-0.3, -0.25) is 0 Å². The Morgan fingerprint density at radius 3 is 2.14 bits per heavy atom. The Morgan fingerprint density at radius 1 is 1.14 bits per heavy atom. The van der Waals surface area contributed by atoms with Gasteiger partial charge >= 0.3 is 0 Å². The Labute approximate surface area is 82.6 Å². The number of phenols is 1. The van der Waals surface area contributed by atoms with Crippen LogP contribution in [-0.4, -0.2) is 21.6 Å². The molecule has 0 amide bonds. The minimum Gasteiger partial charge on any atom is -0.508 e. The number of aromatic hydroxyl groups is 1. The van der Waals surface area contributed by atoms with Crippen molar-refractivity contribution in [3.05, 3.63) is 29.8 Å². The molecule has 0 atom stereocenters. The Bertz CT molecular complexity index is 312. The van der Waals surface area contributed by atoms with Gasteiger partial charge in [-0.2, -0.15) is 0 Å². The molecule has 0 unspecified atom stereocenters. The van der Waals surface area contributed by atoms with Crippen molar-refractivity contribution in [3.63, 3.8) is 0 Å². The molecule has 2 rings (SSSR count). The van der Waals surface area contributed by atoms with Crippen LogP contribution in [0, 0.1) is 5.41 Å². The average molecular weight is 194 g/mol. The first-order valence-corrected chi connectivity index (χ1v) is 4.76. The Balaban J connectivity index is 2.08. The van der Waals surface area contributed by atoms with Crippen molar-refractivity contribution in [2.24, 2.45) is 5.41 Å². The zero-order chi connectivity index (χ0) is 10.2. The molecule has 0 heterocycles. The molecule has 0 aromatic heterocycles. The van der Waals surface area contributed by atoms with Crippen molar-refractivity contribution in [3.8, 4) is 5.75 Å². The lowest BCUT2D eigenvalue weighted by molar-refractivity contribution is -0.0949. The summed E-state index contributed by atoms with van der Waals surface area (Å²) in [5.74, 6) is 0.239. The normalized spacial score (nSPS) is 18.5. The monoisotopic (exact) mass is 194 g/mol. The van der Waals surface area contributed by atoms with Crippen LogP contribution in [0.2, 0.25) is 0 Å². The fourth-order valence-corrected chi connectivity index (χ4v) is 1.71. The SMILES string of the molecule is Oc1ccc(CC2(C(O)O)CC2)cc1. The highest BCUT2D eigenvalue weighted by molar-refractivity contribution is 5.27. The van der Waals surface area contributed by atoms with Crippen LogP contribution in [0.15, 0.2) is 24.3 Å². The average Bonchev–Trinajstić information content (AvgIpc) is 2.90. The summed E-state index contributed by atoms with van der Waals surface area (Å²) in [6, 6.07) is 6.87. The van der Waals surface area contributed by atoms with Gasteiger partial charge in [0.2, 0.25) is 0 Å². The molecule has 1 saturated carbocycles. The Hall–Kier alpha value is -1.06. The molecule has 0 bridgehead atoms. The van der Waals surface area contributed by atoms with Gasteiger partial charge in [0.05, 0.1) is 0 Å². The third kappa shape index (κ3) is 1.74. The number of aliphatic hydroxyl groups excluding tert-OH is 1. The van der Waals surface area contributed by atoms with Gasteiger partial charge in [0, 0.05) is 5.41 Å². The van der Waals surface area contributed by atoms with Gasteiger partial charge in [0.1, 0.15) is 5.75 Å². The zero-order valence-electron chi connectivity index (χ0n) is 7.85. The molecule has 1 aliphatic carbocycles. The van der Waals surface area contributed by atoms with Gasteiger partial charge < -0.3 is 15.3 Å². The Morgan fingerprint density at radius 2 is 1.71 bits per heavy atom. The molecule has 0 aliphatic heterocycles. The van der Waals surface area contributed by atoms with Crippen molar-refractivity contribution in [1.82, 2.24) is 0 Å². The van der Waals surface area contributed by atoms with Gasteiger partial charge in [0.15, 0.2) is 6.29 Å². The third-order valence-corrected chi connectivity index (χ3v) is 2.93. The zero-order valence-corrected chi connectivity index (χ0v) is 7.85. The first kappa shape index (κ1) is 9.49. The molecule has 0 spiro atoms. The number of rotatable bonds is 3. The van der Waals surface area contributed by atoms with Crippen LogP contribution in [0.5, 0.6) is 5.75 Å². The quantitative estimate of drug-likeness (QED) is 0.630. The molecule has 3 heteroatoms. The lowest BCUT2D eigenvalue weighted by Gasteiger charge is -2.17. The number of hydrogen-bond donors (Lipinski definition) is 3. The van der Waals surface area contributed by atoms with Crippen molar-refractivity contribution in [2.75, 3.05) is 0 Å². The molecule has 0 radical (unpaired) electrons. The van der Waals surface area contributed by atoms with E-state index in [1.165, 1.54) is 0 Å². The van der Waals surface area contributed by atoms with E-state index in [1.54, 1.807) is 12.1 Å². The number of phenolic OH excluding ortho intramolecular Hbond substituents is 1. The maximum Gasteiger partial charge on any atom is 0.157 e. The van der Waals surface area contributed by atoms with Crippen molar-refractivity contribution < 1.29 is 15.3 Å². The minimum atomic E-state index is -1.23. The number of benzene rings is 1. The summed E-state index contributed by atoms with van der Waals surface area (Å²) in [4.78, 5) is 0. The summed E-state index contributed by atoms with van der Waals surface area (Å²) in [6.07, 6.45) is 1.18. The smallest absolute Gasteiger partial charge is 0.157 e. The molecule has 1 aromatic rings. The van der Waals surface area contributed by atoms with Crippen LogP contribution in [0.25, 0.3) is 0 Å². The highest BCUT2D eigenvalue weighted by Crippen LogP contribution is 2.50. The predicted octanol–water partition coefficient (Wildman–Crippen LogP) is 1.03. The summed E-state index contributed by atoms with van der Waals surface area (Å²) in [5, 5.41) is 27.4. The fraction of sp³-hybridized carbons (Fsp3) is 0.455. The van der Waals surface area contributed by atoms with E-state index in [1.807, 2.05) is 12.1 Å². The lowest BCUT2D eigenvalue weighted by Crippen LogP contribution is -2.23. The van der Waals surface area contributed by atoms with Gasteiger partial charge in [-0.15, -0.1) is 0 Å². The molecule has 1 fully saturated rings. The summed E-state index contributed by atoms with van der Waals surface area (Å²) < 4.78 is 0. The Kier molecular flexibility index (Phi) is 2.21. The standard InChI is InChI=1S/C11H14O3/c12-9-3-1-8(2-4-9)7-11(5-6-11)10(13)14/h1-4,10,12-14H,5-7H2. The second-order valence-corrected chi connectivity index (χ2v) is 4.08. The van der Waals surface area contributed by atoms with E-state index in [-0.39, 0.29) is 11.2 Å². The highest BCUT2D eigenvalue weighted by Gasteiger charge is 2.48. The van der Waals surface area contributed by atoms with E-state index in [0.29, 0.717) is 6.42 Å². The van der Waals surface area contributed by atoms with E-state index in [9.17, 15) is 0 Å². The van der Waals surface area contributed by atoms with Crippen molar-refractivity contribution in [2.45, 2.75) is 25.6 Å². The number of hydrogen-bond acceptors (Lipinski definition) is 3. The minimum absolute atomic E-state index is 0.239. The van der Waals surface area contributed by atoms with Gasteiger partial charge in [-0.1, -0.05) is 12.1 Å². The first-order chi connectivity index (χ1) is 6.62. The van der Waals surface area contributed by atoms with Crippen LogP contribution >= 0.6 is 0 Å². The molecule has 3 N–H and O–H groups in total. The van der Waals surface area contributed by atoms with Gasteiger partial charge in [-0.25, -0.2) is 0 Å². The molecule has 3 nitrogen and oxygen atoms in total. The summed E-state index contributed by atoms with van der Waals surface area (Å²) >= 11 is 0. The van der Waals surface area contributed by atoms with Gasteiger partial charge in [-0.05, 0) is 37.0 Å². The fourth-order valence-electron chi connectivity index (χ4n) is 1.71. The van der Waals surface area contributed by atoms with E-state index in [0.717, 1.165) is 18.4 Å². The second-order valence-electron chi connectivity index (χ2n) is 4.08. The predicted molar refractivity (Wildman–Crippen MR) is 51.7 cm³/mol. The van der Waals surface area contributed by atoms with Crippen LogP contribution in [0.1, 0.15) is 18.4 Å². The molecule has 76 valence electrons. The summed E-state index contributed by atoms with van der Waals surface area (Å²) in [5.41, 5.74) is 0.713. The van der Waals surface area contributed by atoms with E-state index < -0.39 is 6.29 Å². The molecule has 1 aromatic carbocycles.